The molecule has 1 heterocycles. The van der Waals surface area contributed by atoms with Crippen LogP contribution in [-0.2, 0) is 20.5 Å². The van der Waals surface area contributed by atoms with Crippen LogP contribution < -0.4 is 0 Å². The van der Waals surface area contributed by atoms with Gasteiger partial charge >= 0.3 is 0 Å². The fraction of sp³-hybridized carbons (Fsp3) is 0.462. The lowest BCUT2D eigenvalue weighted by molar-refractivity contribution is 0.162. The van der Waals surface area contributed by atoms with Crippen molar-refractivity contribution in [3.8, 4) is 6.07 Å². The summed E-state index contributed by atoms with van der Waals surface area (Å²) in [4.78, 5) is 0. The SMILES string of the molecule is CN([C@]1(C#N)CCOC1)S(=O)(=O)Cc1ccc(Cl)cc1Cl. The number of ether oxygens (including phenoxy) is 1. The van der Waals surface area contributed by atoms with Gasteiger partial charge in [0.15, 0.2) is 0 Å². The summed E-state index contributed by atoms with van der Waals surface area (Å²) in [6.07, 6.45) is 0.355. The number of hydrogen-bond donors (Lipinski definition) is 0. The third-order valence-corrected chi connectivity index (χ3v) is 6.03. The second kappa shape index (κ2) is 6.11. The minimum atomic E-state index is -3.70. The van der Waals surface area contributed by atoms with Crippen LogP contribution in [0.1, 0.15) is 12.0 Å². The lowest BCUT2D eigenvalue weighted by atomic mass is 10.0. The Morgan fingerprint density at radius 2 is 2.19 bits per heavy atom. The molecule has 1 aromatic rings. The highest BCUT2D eigenvalue weighted by Gasteiger charge is 2.44. The molecule has 1 aliphatic rings. The van der Waals surface area contributed by atoms with E-state index < -0.39 is 15.6 Å². The van der Waals surface area contributed by atoms with Crippen LogP contribution in [0.5, 0.6) is 0 Å². The molecule has 0 aliphatic carbocycles. The van der Waals surface area contributed by atoms with Gasteiger partial charge in [-0.25, -0.2) is 8.42 Å². The molecule has 8 heteroatoms. The fourth-order valence-electron chi connectivity index (χ4n) is 2.16. The number of halogens is 2. The number of rotatable bonds is 4. The molecule has 0 aromatic heterocycles. The van der Waals surface area contributed by atoms with E-state index in [9.17, 15) is 13.7 Å². The van der Waals surface area contributed by atoms with Crippen LogP contribution in [0.4, 0.5) is 0 Å². The first-order chi connectivity index (χ1) is 9.81. The molecule has 0 unspecified atom stereocenters. The quantitative estimate of drug-likeness (QED) is 0.837. The van der Waals surface area contributed by atoms with Crippen molar-refractivity contribution in [1.29, 1.82) is 5.26 Å². The summed E-state index contributed by atoms with van der Waals surface area (Å²) < 4.78 is 31.3. The van der Waals surface area contributed by atoms with Crippen molar-refractivity contribution in [2.75, 3.05) is 20.3 Å². The summed E-state index contributed by atoms with van der Waals surface area (Å²) in [6.45, 7) is 0.447. The zero-order valence-electron chi connectivity index (χ0n) is 11.3. The van der Waals surface area contributed by atoms with Gasteiger partial charge < -0.3 is 4.74 Å². The molecular formula is C13H14Cl2N2O3S. The maximum absolute atomic E-state index is 12.5. The molecule has 0 saturated carbocycles. The number of nitrogens with zero attached hydrogens (tertiary/aromatic N) is 2. The molecule has 5 nitrogen and oxygen atoms in total. The van der Waals surface area contributed by atoms with Gasteiger partial charge in [0.2, 0.25) is 10.0 Å². The highest BCUT2D eigenvalue weighted by atomic mass is 35.5. The van der Waals surface area contributed by atoms with Gasteiger partial charge in [-0.15, -0.1) is 0 Å². The van der Waals surface area contributed by atoms with Crippen molar-refractivity contribution in [2.45, 2.75) is 17.7 Å². The highest BCUT2D eigenvalue weighted by molar-refractivity contribution is 7.88. The standard InChI is InChI=1S/C13H14Cl2N2O3S/c1-17(13(8-16)4-5-20-9-13)21(18,19)7-10-2-3-11(14)6-12(10)15/h2-3,6H,4-5,7,9H2,1H3/t13-/m0/s1. The van der Waals surface area contributed by atoms with Crippen LogP contribution in [0.25, 0.3) is 0 Å². The molecule has 1 fully saturated rings. The molecule has 0 bridgehead atoms. The van der Waals surface area contributed by atoms with Gasteiger partial charge in [0.25, 0.3) is 0 Å². The predicted molar refractivity (Wildman–Crippen MR) is 80.6 cm³/mol. The van der Waals surface area contributed by atoms with Crippen molar-refractivity contribution < 1.29 is 13.2 Å². The lowest BCUT2D eigenvalue weighted by Gasteiger charge is -2.30. The topological polar surface area (TPSA) is 70.4 Å². The van der Waals surface area contributed by atoms with E-state index in [1.807, 2.05) is 0 Å². The predicted octanol–water partition coefficient (Wildman–Crippen LogP) is 2.44. The summed E-state index contributed by atoms with van der Waals surface area (Å²) in [7, 11) is -2.30. The van der Waals surface area contributed by atoms with E-state index >= 15 is 0 Å². The van der Waals surface area contributed by atoms with Crippen LogP contribution >= 0.6 is 23.2 Å². The zero-order valence-corrected chi connectivity index (χ0v) is 13.7. The maximum atomic E-state index is 12.5. The molecular weight excluding hydrogens is 335 g/mol. The van der Waals surface area contributed by atoms with Gasteiger partial charge in [0.05, 0.1) is 18.4 Å². The van der Waals surface area contributed by atoms with Crippen LogP contribution in [-0.4, -0.2) is 38.5 Å². The summed E-state index contributed by atoms with van der Waals surface area (Å²) in [5.74, 6) is -0.289. The molecule has 21 heavy (non-hydrogen) atoms. The normalized spacial score (nSPS) is 22.4. The molecule has 0 N–H and O–H groups in total. The summed E-state index contributed by atoms with van der Waals surface area (Å²) in [6, 6.07) is 6.70. The van der Waals surface area contributed by atoms with Crippen molar-refractivity contribution >= 4 is 33.2 Å². The third kappa shape index (κ3) is 3.33. The van der Waals surface area contributed by atoms with Gasteiger partial charge in [-0.3, -0.25) is 0 Å². The van der Waals surface area contributed by atoms with E-state index in [0.717, 1.165) is 4.31 Å². The smallest absolute Gasteiger partial charge is 0.219 e. The van der Waals surface area contributed by atoms with Gasteiger partial charge in [0, 0.05) is 30.1 Å². The van der Waals surface area contributed by atoms with Crippen LogP contribution in [0.3, 0.4) is 0 Å². The molecule has 0 spiro atoms. The molecule has 114 valence electrons. The third-order valence-electron chi connectivity index (χ3n) is 3.58. The van der Waals surface area contributed by atoms with Crippen molar-refractivity contribution in [3.63, 3.8) is 0 Å². The summed E-state index contributed by atoms with van der Waals surface area (Å²) in [5, 5.41) is 10.1. The largest absolute Gasteiger partial charge is 0.378 e. The van der Waals surface area contributed by atoms with Gasteiger partial charge in [-0.05, 0) is 17.7 Å². The maximum Gasteiger partial charge on any atom is 0.219 e. The highest BCUT2D eigenvalue weighted by Crippen LogP contribution is 2.30. The lowest BCUT2D eigenvalue weighted by Crippen LogP contribution is -2.49. The number of benzene rings is 1. The van der Waals surface area contributed by atoms with E-state index in [4.69, 9.17) is 27.9 Å². The van der Waals surface area contributed by atoms with Crippen LogP contribution in [0, 0.1) is 11.3 Å². The number of likely N-dealkylation sites (N-methyl/N-ethyl adjacent to an activating group) is 1. The van der Waals surface area contributed by atoms with Crippen LogP contribution in [0.15, 0.2) is 18.2 Å². The molecule has 1 saturated heterocycles. The number of hydrogen-bond acceptors (Lipinski definition) is 4. The van der Waals surface area contributed by atoms with Crippen molar-refractivity contribution in [3.05, 3.63) is 33.8 Å². The molecule has 1 atom stereocenters. The number of nitriles is 1. The van der Waals surface area contributed by atoms with E-state index in [2.05, 4.69) is 6.07 Å². The molecule has 1 aliphatic heterocycles. The molecule has 0 radical (unpaired) electrons. The Bertz CT molecular complexity index is 679. The first-order valence-electron chi connectivity index (χ1n) is 6.20. The Balaban J connectivity index is 2.28. The second-order valence-corrected chi connectivity index (χ2v) is 7.75. The summed E-state index contributed by atoms with van der Waals surface area (Å²) >= 11 is 11.8. The Morgan fingerprint density at radius 1 is 1.48 bits per heavy atom. The second-order valence-electron chi connectivity index (χ2n) is 4.91. The Kier molecular flexibility index (Phi) is 4.81. The van der Waals surface area contributed by atoms with Gasteiger partial charge in [-0.1, -0.05) is 29.3 Å². The van der Waals surface area contributed by atoms with Gasteiger partial charge in [-0.2, -0.15) is 9.57 Å². The Hall–Kier alpha value is -0.840. The fourth-order valence-corrected chi connectivity index (χ4v) is 4.27. The van der Waals surface area contributed by atoms with E-state index in [1.54, 1.807) is 12.1 Å². The molecule has 1 aromatic carbocycles. The van der Waals surface area contributed by atoms with Crippen LogP contribution in [0.2, 0.25) is 10.0 Å². The number of sulfonamides is 1. The minimum absolute atomic E-state index is 0.0770. The summed E-state index contributed by atoms with van der Waals surface area (Å²) in [5.41, 5.74) is -0.697. The zero-order chi connectivity index (χ0) is 15.7. The van der Waals surface area contributed by atoms with Crippen molar-refractivity contribution in [2.24, 2.45) is 0 Å². The molecule has 0 amide bonds. The Morgan fingerprint density at radius 3 is 2.71 bits per heavy atom. The minimum Gasteiger partial charge on any atom is -0.378 e. The monoisotopic (exact) mass is 348 g/mol. The first-order valence-corrected chi connectivity index (χ1v) is 8.57. The van der Waals surface area contributed by atoms with E-state index in [1.165, 1.54) is 13.1 Å². The van der Waals surface area contributed by atoms with Gasteiger partial charge in [0.1, 0.15) is 5.54 Å². The molecule has 2 rings (SSSR count). The van der Waals surface area contributed by atoms with E-state index in [-0.39, 0.29) is 17.4 Å². The average Bonchev–Trinajstić information content (AvgIpc) is 2.91. The van der Waals surface area contributed by atoms with E-state index in [0.29, 0.717) is 23.6 Å². The van der Waals surface area contributed by atoms with Crippen molar-refractivity contribution in [1.82, 2.24) is 4.31 Å². The average molecular weight is 349 g/mol. The Labute approximate surface area is 134 Å². The first kappa shape index (κ1) is 16.5.